The zero-order valence-electron chi connectivity index (χ0n) is 11.0. The topological polar surface area (TPSA) is 50.4 Å². The molecule has 1 aromatic rings. The van der Waals surface area contributed by atoms with Gasteiger partial charge in [-0.3, -0.25) is 4.79 Å². The van der Waals surface area contributed by atoms with E-state index in [0.29, 0.717) is 0 Å². The van der Waals surface area contributed by atoms with E-state index in [4.69, 9.17) is 4.74 Å². The van der Waals surface area contributed by atoms with Crippen LogP contribution in [0.3, 0.4) is 0 Å². The third-order valence-corrected chi connectivity index (χ3v) is 3.16. The van der Waals surface area contributed by atoms with E-state index in [2.05, 4.69) is 16.7 Å². The van der Waals surface area contributed by atoms with Crippen LogP contribution in [0, 0.1) is 6.92 Å². The van der Waals surface area contributed by atoms with E-state index in [9.17, 15) is 4.79 Å². The van der Waals surface area contributed by atoms with Gasteiger partial charge in [0.15, 0.2) is 0 Å². The molecule has 0 spiro atoms. The van der Waals surface area contributed by atoms with Crippen molar-refractivity contribution < 1.29 is 9.53 Å². The Morgan fingerprint density at radius 1 is 1.39 bits per heavy atom. The predicted molar refractivity (Wildman–Crippen MR) is 71.7 cm³/mol. The molecule has 0 bridgehead atoms. The molecule has 1 heterocycles. The minimum Gasteiger partial charge on any atom is -0.385 e. The molecule has 18 heavy (non-hydrogen) atoms. The molecule has 0 radical (unpaired) electrons. The first kappa shape index (κ1) is 13.1. The molecule has 4 nitrogen and oxygen atoms in total. The van der Waals surface area contributed by atoms with Crippen molar-refractivity contribution in [2.75, 3.05) is 25.6 Å². The second-order valence-electron chi connectivity index (χ2n) is 4.67. The Morgan fingerprint density at radius 3 is 3.00 bits per heavy atom. The standard InChI is InChI=1S/C14H20N2O2/c1-10-5-6-12-11(9-10)13(14(17)16-12)15-7-3-4-8-18-2/h5-6,9,13,15H,3-4,7-8H2,1-2H3,(H,16,17). The van der Waals surface area contributed by atoms with Crippen molar-refractivity contribution in [1.29, 1.82) is 0 Å². The number of unbranched alkanes of at least 4 members (excludes halogenated alkanes) is 1. The van der Waals surface area contributed by atoms with Gasteiger partial charge in [0.05, 0.1) is 0 Å². The molecular weight excluding hydrogens is 228 g/mol. The minimum atomic E-state index is -0.206. The van der Waals surface area contributed by atoms with E-state index < -0.39 is 0 Å². The number of benzene rings is 1. The van der Waals surface area contributed by atoms with E-state index in [1.807, 2.05) is 19.1 Å². The van der Waals surface area contributed by atoms with Crippen LogP contribution in [0.2, 0.25) is 0 Å². The summed E-state index contributed by atoms with van der Waals surface area (Å²) in [5, 5.41) is 6.21. The number of aryl methyl sites for hydroxylation is 1. The van der Waals surface area contributed by atoms with Crippen LogP contribution >= 0.6 is 0 Å². The fraction of sp³-hybridized carbons (Fsp3) is 0.500. The fourth-order valence-corrected chi connectivity index (χ4v) is 2.20. The number of carbonyl (C=O) groups excluding carboxylic acids is 1. The second-order valence-corrected chi connectivity index (χ2v) is 4.67. The van der Waals surface area contributed by atoms with Crippen LogP contribution in [0.25, 0.3) is 0 Å². The quantitative estimate of drug-likeness (QED) is 0.757. The molecule has 0 fully saturated rings. The average molecular weight is 248 g/mol. The summed E-state index contributed by atoms with van der Waals surface area (Å²) in [5.41, 5.74) is 3.17. The average Bonchev–Trinajstić information content (AvgIpc) is 2.65. The van der Waals surface area contributed by atoms with Gasteiger partial charge in [0, 0.05) is 25.0 Å². The number of ether oxygens (including phenoxy) is 1. The van der Waals surface area contributed by atoms with Crippen molar-refractivity contribution in [2.24, 2.45) is 0 Å². The van der Waals surface area contributed by atoms with Crippen molar-refractivity contribution in [3.05, 3.63) is 29.3 Å². The molecule has 2 rings (SSSR count). The SMILES string of the molecule is COCCCCNC1C(=O)Nc2ccc(C)cc21. The Labute approximate surface area is 108 Å². The lowest BCUT2D eigenvalue weighted by Gasteiger charge is -2.11. The summed E-state index contributed by atoms with van der Waals surface area (Å²) in [6.07, 6.45) is 2.03. The van der Waals surface area contributed by atoms with Gasteiger partial charge < -0.3 is 15.4 Å². The van der Waals surface area contributed by atoms with Gasteiger partial charge in [-0.05, 0) is 32.4 Å². The molecule has 0 aromatic heterocycles. The maximum absolute atomic E-state index is 11.9. The van der Waals surface area contributed by atoms with Crippen LogP contribution in [-0.2, 0) is 9.53 Å². The van der Waals surface area contributed by atoms with Crippen LogP contribution in [0.5, 0.6) is 0 Å². The molecule has 0 saturated carbocycles. The number of rotatable bonds is 6. The normalized spacial score (nSPS) is 17.7. The Balaban J connectivity index is 1.93. The second kappa shape index (κ2) is 5.98. The van der Waals surface area contributed by atoms with Crippen LogP contribution in [-0.4, -0.2) is 26.2 Å². The molecule has 1 aliphatic heterocycles. The first-order valence-electron chi connectivity index (χ1n) is 6.36. The van der Waals surface area contributed by atoms with Crippen LogP contribution in [0.4, 0.5) is 5.69 Å². The van der Waals surface area contributed by atoms with Crippen LogP contribution in [0.15, 0.2) is 18.2 Å². The van der Waals surface area contributed by atoms with Crippen molar-refractivity contribution in [3.63, 3.8) is 0 Å². The lowest BCUT2D eigenvalue weighted by Crippen LogP contribution is -2.28. The predicted octanol–water partition coefficient (Wildman–Crippen LogP) is 2.00. The number of hydrogen-bond acceptors (Lipinski definition) is 3. The molecule has 1 aliphatic rings. The minimum absolute atomic E-state index is 0.0438. The van der Waals surface area contributed by atoms with Crippen molar-refractivity contribution in [2.45, 2.75) is 25.8 Å². The molecule has 1 aromatic carbocycles. The first-order chi connectivity index (χ1) is 8.72. The van der Waals surface area contributed by atoms with Crippen molar-refractivity contribution >= 4 is 11.6 Å². The fourth-order valence-electron chi connectivity index (χ4n) is 2.20. The lowest BCUT2D eigenvalue weighted by atomic mass is 10.1. The first-order valence-corrected chi connectivity index (χ1v) is 6.36. The monoisotopic (exact) mass is 248 g/mol. The van der Waals surface area contributed by atoms with E-state index in [-0.39, 0.29) is 11.9 Å². The molecular formula is C14H20N2O2. The molecule has 0 saturated heterocycles. The molecule has 1 atom stereocenters. The third-order valence-electron chi connectivity index (χ3n) is 3.16. The Morgan fingerprint density at radius 2 is 2.22 bits per heavy atom. The third kappa shape index (κ3) is 2.89. The summed E-state index contributed by atoms with van der Waals surface area (Å²) in [5.74, 6) is 0.0438. The number of carbonyl (C=O) groups is 1. The lowest BCUT2D eigenvalue weighted by molar-refractivity contribution is -0.117. The van der Waals surface area contributed by atoms with Gasteiger partial charge >= 0.3 is 0 Å². The summed E-state index contributed by atoms with van der Waals surface area (Å²) < 4.78 is 5.00. The number of nitrogens with one attached hydrogen (secondary N) is 2. The summed E-state index contributed by atoms with van der Waals surface area (Å²) >= 11 is 0. The maximum atomic E-state index is 11.9. The highest BCUT2D eigenvalue weighted by Gasteiger charge is 2.29. The van der Waals surface area contributed by atoms with E-state index >= 15 is 0 Å². The highest BCUT2D eigenvalue weighted by molar-refractivity contribution is 6.02. The number of hydrogen-bond donors (Lipinski definition) is 2. The van der Waals surface area contributed by atoms with Gasteiger partial charge in [-0.25, -0.2) is 0 Å². The summed E-state index contributed by atoms with van der Waals surface area (Å²) in [4.78, 5) is 11.9. The van der Waals surface area contributed by atoms with Gasteiger partial charge in [-0.2, -0.15) is 0 Å². The van der Waals surface area contributed by atoms with E-state index in [1.54, 1.807) is 7.11 Å². The maximum Gasteiger partial charge on any atom is 0.246 e. The van der Waals surface area contributed by atoms with Crippen LogP contribution < -0.4 is 10.6 Å². The highest BCUT2D eigenvalue weighted by Crippen LogP contribution is 2.31. The Kier molecular flexibility index (Phi) is 4.33. The van der Waals surface area contributed by atoms with Crippen LogP contribution in [0.1, 0.15) is 30.0 Å². The summed E-state index contributed by atoms with van der Waals surface area (Å²) in [6.45, 7) is 3.64. The van der Waals surface area contributed by atoms with Crippen molar-refractivity contribution in [1.82, 2.24) is 5.32 Å². The molecule has 1 unspecified atom stereocenters. The highest BCUT2D eigenvalue weighted by atomic mass is 16.5. The van der Waals surface area contributed by atoms with E-state index in [0.717, 1.165) is 37.2 Å². The molecule has 98 valence electrons. The zero-order valence-corrected chi connectivity index (χ0v) is 11.0. The van der Waals surface area contributed by atoms with Gasteiger partial charge in [-0.1, -0.05) is 17.7 Å². The molecule has 2 N–H and O–H groups in total. The summed E-state index contributed by atoms with van der Waals surface area (Å²) in [7, 11) is 1.71. The Hall–Kier alpha value is -1.39. The Bertz CT molecular complexity index is 432. The van der Waals surface area contributed by atoms with Gasteiger partial charge in [0.1, 0.15) is 6.04 Å². The van der Waals surface area contributed by atoms with Gasteiger partial charge in [-0.15, -0.1) is 0 Å². The molecule has 0 aliphatic carbocycles. The van der Waals surface area contributed by atoms with Crippen molar-refractivity contribution in [3.8, 4) is 0 Å². The largest absolute Gasteiger partial charge is 0.385 e. The zero-order chi connectivity index (χ0) is 13.0. The number of amides is 1. The summed E-state index contributed by atoms with van der Waals surface area (Å²) in [6, 6.07) is 5.84. The molecule has 4 heteroatoms. The number of fused-ring (bicyclic) bond motifs is 1. The molecule has 1 amide bonds. The number of methoxy groups -OCH3 is 1. The smallest absolute Gasteiger partial charge is 0.246 e. The van der Waals surface area contributed by atoms with Gasteiger partial charge in [0.2, 0.25) is 5.91 Å². The van der Waals surface area contributed by atoms with E-state index in [1.165, 1.54) is 5.56 Å². The van der Waals surface area contributed by atoms with Gasteiger partial charge in [0.25, 0.3) is 0 Å². The number of anilines is 1.